The maximum atomic E-state index is 13.0. The highest BCUT2D eigenvalue weighted by molar-refractivity contribution is 7.80. The molecule has 0 radical (unpaired) electrons. The van der Waals surface area contributed by atoms with Crippen molar-refractivity contribution in [3.8, 4) is 11.1 Å². The molecule has 1 aromatic heterocycles. The molecule has 2 aromatic carbocycles. The van der Waals surface area contributed by atoms with Crippen molar-refractivity contribution in [1.29, 1.82) is 0 Å². The van der Waals surface area contributed by atoms with E-state index in [0.717, 1.165) is 58.4 Å². The number of piperidine rings is 1. The largest absolute Gasteiger partial charge is 0.359 e. The highest BCUT2D eigenvalue weighted by Crippen LogP contribution is 2.32. The van der Waals surface area contributed by atoms with Gasteiger partial charge in [0.15, 0.2) is 5.11 Å². The van der Waals surface area contributed by atoms with Crippen LogP contribution >= 0.6 is 23.6 Å². The first-order valence-corrected chi connectivity index (χ1v) is 12.8. The third-order valence-electron chi connectivity index (χ3n) is 5.97. The van der Waals surface area contributed by atoms with Crippen LogP contribution in [0.25, 0.3) is 11.1 Å². The minimum absolute atomic E-state index is 0.176. The third kappa shape index (κ3) is 5.90. The number of thiocarbonyl (C=S) groups is 1. The van der Waals surface area contributed by atoms with Crippen LogP contribution in [0.1, 0.15) is 46.7 Å². The van der Waals surface area contributed by atoms with Crippen molar-refractivity contribution < 1.29 is 4.79 Å². The number of aryl methyl sites for hydroxylation is 1. The molecule has 7 heteroatoms. The van der Waals surface area contributed by atoms with Gasteiger partial charge in [-0.25, -0.2) is 4.98 Å². The maximum absolute atomic E-state index is 13.0. The Kier molecular flexibility index (Phi) is 7.75. The smallest absolute Gasteiger partial charge is 0.275 e. The predicted octanol–water partition coefficient (Wildman–Crippen LogP) is 6.00. The molecule has 0 atom stereocenters. The molecule has 34 heavy (non-hydrogen) atoms. The molecule has 2 N–H and O–H groups in total. The first kappa shape index (κ1) is 24.1. The zero-order valence-corrected chi connectivity index (χ0v) is 21.3. The van der Waals surface area contributed by atoms with E-state index < -0.39 is 0 Å². The summed E-state index contributed by atoms with van der Waals surface area (Å²) in [5.41, 5.74) is 5.59. The highest BCUT2D eigenvalue weighted by atomic mass is 32.1. The number of nitrogens with zero attached hydrogens (tertiary/aromatic N) is 2. The molecule has 1 aliphatic heterocycles. The number of aromatic nitrogens is 1. The Hall–Kier alpha value is -3.03. The van der Waals surface area contributed by atoms with Crippen molar-refractivity contribution in [2.24, 2.45) is 0 Å². The lowest BCUT2D eigenvalue weighted by Crippen LogP contribution is -2.44. The summed E-state index contributed by atoms with van der Waals surface area (Å²) >= 11 is 7.08. The van der Waals surface area contributed by atoms with Crippen molar-refractivity contribution in [2.45, 2.75) is 32.6 Å². The van der Waals surface area contributed by atoms with Crippen LogP contribution in [0, 0.1) is 6.92 Å². The molecule has 3 aromatic rings. The minimum Gasteiger partial charge on any atom is -0.359 e. The van der Waals surface area contributed by atoms with Gasteiger partial charge in [0.05, 0.1) is 5.01 Å². The number of benzene rings is 2. The van der Waals surface area contributed by atoms with E-state index in [2.05, 4.69) is 53.3 Å². The third-order valence-corrected chi connectivity index (χ3v) is 7.37. The summed E-state index contributed by atoms with van der Waals surface area (Å²) in [5.74, 6) is 0.177. The predicted molar refractivity (Wildman–Crippen MR) is 146 cm³/mol. The van der Waals surface area contributed by atoms with Crippen LogP contribution in [0.5, 0.6) is 0 Å². The molecule has 0 aliphatic carbocycles. The summed E-state index contributed by atoms with van der Waals surface area (Å²) in [5, 5.41) is 10.0. The second kappa shape index (κ2) is 10.9. The number of thiazole rings is 1. The van der Waals surface area contributed by atoms with E-state index in [-0.39, 0.29) is 5.91 Å². The Labute approximate surface area is 210 Å². The van der Waals surface area contributed by atoms with E-state index in [1.165, 1.54) is 5.56 Å². The Morgan fingerprint density at radius 3 is 2.59 bits per heavy atom. The summed E-state index contributed by atoms with van der Waals surface area (Å²) in [6.07, 6.45) is 1.94. The molecule has 176 valence electrons. The van der Waals surface area contributed by atoms with Gasteiger partial charge < -0.3 is 15.5 Å². The van der Waals surface area contributed by atoms with Crippen molar-refractivity contribution in [2.75, 3.05) is 25.0 Å². The Balaban J connectivity index is 1.38. The normalized spacial score (nSPS) is 14.0. The first-order valence-electron chi connectivity index (χ1n) is 11.5. The number of anilines is 1. The van der Waals surface area contributed by atoms with E-state index in [1.807, 2.05) is 36.6 Å². The van der Waals surface area contributed by atoms with Gasteiger partial charge in [-0.1, -0.05) is 60.2 Å². The van der Waals surface area contributed by atoms with Crippen molar-refractivity contribution >= 4 is 40.3 Å². The number of amides is 1. The van der Waals surface area contributed by atoms with Gasteiger partial charge in [0.2, 0.25) is 0 Å². The quantitative estimate of drug-likeness (QED) is 0.328. The van der Waals surface area contributed by atoms with Crippen LogP contribution in [-0.4, -0.2) is 40.5 Å². The lowest BCUT2D eigenvalue weighted by atomic mass is 9.98. The zero-order valence-electron chi connectivity index (χ0n) is 19.6. The van der Waals surface area contributed by atoms with E-state index in [9.17, 15) is 4.79 Å². The van der Waals surface area contributed by atoms with Gasteiger partial charge in [-0.15, -0.1) is 11.3 Å². The number of para-hydroxylation sites is 1. The van der Waals surface area contributed by atoms with Crippen LogP contribution < -0.4 is 10.6 Å². The molecule has 0 unspecified atom stereocenters. The zero-order chi connectivity index (χ0) is 24.1. The number of hydrogen-bond acceptors (Lipinski definition) is 4. The topological polar surface area (TPSA) is 57.3 Å². The lowest BCUT2D eigenvalue weighted by Gasteiger charge is -2.33. The molecular weight excluding hydrogens is 460 g/mol. The molecule has 4 rings (SSSR count). The van der Waals surface area contributed by atoms with Gasteiger partial charge in [-0.2, -0.15) is 0 Å². The van der Waals surface area contributed by atoms with Crippen LogP contribution in [0.15, 0.2) is 66.1 Å². The summed E-state index contributed by atoms with van der Waals surface area (Å²) < 4.78 is 0. The fourth-order valence-corrected chi connectivity index (χ4v) is 5.24. The second-order valence-corrected chi connectivity index (χ2v) is 10.1. The Morgan fingerprint density at radius 1 is 1.18 bits per heavy atom. The number of nitrogens with one attached hydrogen (secondary N) is 2. The lowest BCUT2D eigenvalue weighted by molar-refractivity contribution is 0.102. The van der Waals surface area contributed by atoms with Gasteiger partial charge in [0.25, 0.3) is 5.91 Å². The van der Waals surface area contributed by atoms with Crippen molar-refractivity contribution in [3.05, 3.63) is 82.3 Å². The minimum atomic E-state index is -0.176. The summed E-state index contributed by atoms with van der Waals surface area (Å²) in [6, 6.07) is 16.2. The Bertz CT molecular complexity index is 1180. The molecule has 0 bridgehead atoms. The molecule has 0 spiro atoms. The molecule has 2 heterocycles. The number of hydrogen-bond donors (Lipinski definition) is 2. The fraction of sp³-hybridized carbons (Fsp3) is 0.296. The van der Waals surface area contributed by atoms with Gasteiger partial charge in [0, 0.05) is 42.2 Å². The molecule has 5 nitrogen and oxygen atoms in total. The number of carbonyl (C=O) groups is 1. The number of likely N-dealkylation sites (tertiary alicyclic amines) is 1. The number of carbonyl (C=O) groups excluding carboxylic acids is 1. The fourth-order valence-electron chi connectivity index (χ4n) is 4.01. The van der Waals surface area contributed by atoms with Gasteiger partial charge in [-0.3, -0.25) is 4.79 Å². The first-order chi connectivity index (χ1) is 16.4. The van der Waals surface area contributed by atoms with E-state index in [4.69, 9.17) is 17.2 Å². The summed E-state index contributed by atoms with van der Waals surface area (Å²) in [7, 11) is 0. The highest BCUT2D eigenvalue weighted by Gasteiger charge is 2.25. The molecule has 1 saturated heterocycles. The van der Waals surface area contributed by atoms with E-state index >= 15 is 0 Å². The standard InChI is InChI=1S/C27H30N4OS2/c1-18(2)16-28-27(33)31-14-12-21(13-15-31)26-30-24(17-34-26)25(32)29-23-7-5-4-6-22(23)20-10-8-19(3)9-11-20/h4-11,17,21H,1,12-16H2,2-3H3,(H,28,33)(H,29,32). The van der Waals surface area contributed by atoms with Crippen molar-refractivity contribution in [3.63, 3.8) is 0 Å². The van der Waals surface area contributed by atoms with E-state index in [1.54, 1.807) is 11.3 Å². The van der Waals surface area contributed by atoms with Crippen LogP contribution in [-0.2, 0) is 0 Å². The van der Waals surface area contributed by atoms with Gasteiger partial charge in [0.1, 0.15) is 5.69 Å². The summed E-state index contributed by atoms with van der Waals surface area (Å²) in [6.45, 7) is 10.4. The molecule has 0 saturated carbocycles. The van der Waals surface area contributed by atoms with Crippen LogP contribution in [0.4, 0.5) is 5.69 Å². The Morgan fingerprint density at radius 2 is 1.88 bits per heavy atom. The van der Waals surface area contributed by atoms with E-state index in [0.29, 0.717) is 18.2 Å². The number of rotatable bonds is 6. The monoisotopic (exact) mass is 490 g/mol. The summed E-state index contributed by atoms with van der Waals surface area (Å²) in [4.78, 5) is 19.9. The SMILES string of the molecule is C=C(C)CNC(=S)N1CCC(c2nc(C(=O)Nc3ccccc3-c3ccc(C)cc3)cs2)CC1. The molecular formula is C27H30N4OS2. The van der Waals surface area contributed by atoms with Crippen LogP contribution in [0.2, 0.25) is 0 Å². The molecule has 1 amide bonds. The van der Waals surface area contributed by atoms with Crippen LogP contribution in [0.3, 0.4) is 0 Å². The van der Waals surface area contributed by atoms with Gasteiger partial charge >= 0.3 is 0 Å². The second-order valence-electron chi connectivity index (χ2n) is 8.81. The van der Waals surface area contributed by atoms with Crippen molar-refractivity contribution in [1.82, 2.24) is 15.2 Å². The average molecular weight is 491 g/mol. The average Bonchev–Trinajstić information content (AvgIpc) is 3.34. The van der Waals surface area contributed by atoms with Gasteiger partial charge in [-0.05, 0) is 50.5 Å². The molecule has 1 aliphatic rings. The molecule has 1 fully saturated rings. The maximum Gasteiger partial charge on any atom is 0.275 e.